The van der Waals surface area contributed by atoms with Gasteiger partial charge in [-0.1, -0.05) is 30.3 Å². The van der Waals surface area contributed by atoms with Gasteiger partial charge in [0.15, 0.2) is 0 Å². The molecule has 0 aliphatic carbocycles. The fourth-order valence-corrected chi connectivity index (χ4v) is 2.09. The van der Waals surface area contributed by atoms with Crippen molar-refractivity contribution in [2.24, 2.45) is 0 Å². The number of halogens is 3. The summed E-state index contributed by atoms with van der Waals surface area (Å²) in [5.41, 5.74) is 0.0580. The number of alkyl halides is 3. The van der Waals surface area contributed by atoms with Crippen LogP contribution in [0.1, 0.15) is 32.4 Å². The van der Waals surface area contributed by atoms with Crippen LogP contribution in [0.2, 0.25) is 0 Å². The van der Waals surface area contributed by atoms with Crippen molar-refractivity contribution in [2.75, 3.05) is 0 Å². The second-order valence-electron chi connectivity index (χ2n) is 4.88. The second kappa shape index (κ2) is 5.40. The van der Waals surface area contributed by atoms with Gasteiger partial charge in [-0.3, -0.25) is 0 Å². The van der Waals surface area contributed by atoms with Crippen LogP contribution in [0.4, 0.5) is 13.2 Å². The van der Waals surface area contributed by atoms with Crippen molar-refractivity contribution in [3.05, 3.63) is 35.9 Å². The summed E-state index contributed by atoms with van der Waals surface area (Å²) >= 11 is 0. The quantitative estimate of drug-likeness (QED) is 0.903. The zero-order valence-electron chi connectivity index (χ0n) is 10.4. The molecular weight excluding hydrogens is 263 g/mol. The van der Waals surface area contributed by atoms with Crippen molar-refractivity contribution in [2.45, 2.75) is 37.7 Å². The monoisotopic (exact) mass is 279 g/mol. The largest absolute Gasteiger partial charge is 0.408 e. The van der Waals surface area contributed by atoms with E-state index in [2.05, 4.69) is 4.72 Å². The average molecular weight is 279 g/mol. The van der Waals surface area contributed by atoms with Crippen LogP contribution in [-0.4, -0.2) is 15.1 Å². The van der Waals surface area contributed by atoms with Crippen LogP contribution in [0.15, 0.2) is 30.3 Å². The Labute approximate surface area is 107 Å². The Morgan fingerprint density at radius 3 is 2.00 bits per heavy atom. The third-order valence-electron chi connectivity index (χ3n) is 2.24. The molecule has 0 radical (unpaired) electrons. The van der Waals surface area contributed by atoms with E-state index in [1.807, 2.05) is 0 Å². The minimum atomic E-state index is -4.48. The summed E-state index contributed by atoms with van der Waals surface area (Å²) in [4.78, 5) is 0. The van der Waals surface area contributed by atoms with Crippen molar-refractivity contribution in [1.29, 1.82) is 0 Å². The second-order valence-corrected chi connectivity index (χ2v) is 6.88. The summed E-state index contributed by atoms with van der Waals surface area (Å²) in [6.45, 7) is 4.86. The van der Waals surface area contributed by atoms with Gasteiger partial charge in [0.05, 0.1) is 15.7 Å². The van der Waals surface area contributed by atoms with Crippen LogP contribution >= 0.6 is 0 Å². The number of nitrogens with one attached hydrogen (secondary N) is 1. The molecule has 0 aromatic heterocycles. The van der Waals surface area contributed by atoms with Gasteiger partial charge in [0, 0.05) is 0 Å². The minimum absolute atomic E-state index is 0.0580. The molecule has 0 aliphatic rings. The van der Waals surface area contributed by atoms with Crippen LogP contribution in [-0.2, 0) is 11.0 Å². The van der Waals surface area contributed by atoms with Crippen LogP contribution in [0, 0.1) is 0 Å². The van der Waals surface area contributed by atoms with Gasteiger partial charge >= 0.3 is 6.18 Å². The highest BCUT2D eigenvalue weighted by atomic mass is 32.2. The zero-order chi connectivity index (χ0) is 14.0. The first-order chi connectivity index (χ1) is 8.12. The number of benzene rings is 1. The summed E-state index contributed by atoms with van der Waals surface area (Å²) in [5, 5.41) is 0. The van der Waals surface area contributed by atoms with Gasteiger partial charge in [0.2, 0.25) is 0 Å². The molecule has 0 aliphatic heterocycles. The molecule has 2 nitrogen and oxygen atoms in total. The highest BCUT2D eigenvalue weighted by molar-refractivity contribution is 7.84. The smallest absolute Gasteiger partial charge is 0.242 e. The molecule has 0 saturated heterocycles. The zero-order valence-corrected chi connectivity index (χ0v) is 11.2. The first-order valence-electron chi connectivity index (χ1n) is 5.42. The maximum atomic E-state index is 13.0. The number of hydrogen-bond donors (Lipinski definition) is 1. The first-order valence-corrected chi connectivity index (χ1v) is 6.57. The molecule has 1 aromatic carbocycles. The molecule has 1 rings (SSSR count). The van der Waals surface area contributed by atoms with Crippen molar-refractivity contribution in [3.63, 3.8) is 0 Å². The van der Waals surface area contributed by atoms with Gasteiger partial charge < -0.3 is 0 Å². The summed E-state index contributed by atoms with van der Waals surface area (Å²) in [6, 6.07) is 5.50. The molecular formula is C12H16F3NOS. The molecule has 0 fully saturated rings. The molecule has 0 unspecified atom stereocenters. The van der Waals surface area contributed by atoms with E-state index in [4.69, 9.17) is 0 Å². The van der Waals surface area contributed by atoms with E-state index < -0.39 is 28.0 Å². The van der Waals surface area contributed by atoms with E-state index in [1.165, 1.54) is 24.3 Å². The number of rotatable bonds is 3. The van der Waals surface area contributed by atoms with E-state index in [0.29, 0.717) is 0 Å². The Kier molecular flexibility index (Phi) is 4.55. The van der Waals surface area contributed by atoms with Crippen LogP contribution < -0.4 is 4.72 Å². The Hall–Kier alpha value is -0.880. The molecule has 102 valence electrons. The maximum absolute atomic E-state index is 13.0. The summed E-state index contributed by atoms with van der Waals surface area (Å²) in [5.74, 6) is 0. The minimum Gasteiger partial charge on any atom is -0.242 e. The Morgan fingerprint density at radius 1 is 1.11 bits per heavy atom. The van der Waals surface area contributed by atoms with Crippen LogP contribution in [0.5, 0.6) is 0 Å². The van der Waals surface area contributed by atoms with Crippen molar-refractivity contribution >= 4 is 11.0 Å². The Morgan fingerprint density at radius 2 is 1.61 bits per heavy atom. The van der Waals surface area contributed by atoms with Crippen LogP contribution in [0.25, 0.3) is 0 Å². The highest BCUT2D eigenvalue weighted by Gasteiger charge is 2.42. The maximum Gasteiger partial charge on any atom is 0.408 e. The van der Waals surface area contributed by atoms with Gasteiger partial charge in [-0.25, -0.2) is 8.93 Å². The molecule has 2 atom stereocenters. The van der Waals surface area contributed by atoms with Gasteiger partial charge in [-0.15, -0.1) is 0 Å². The average Bonchev–Trinajstić information content (AvgIpc) is 2.23. The predicted octanol–water partition coefficient (Wildman–Crippen LogP) is 3.34. The standard InChI is InChI=1S/C12H16F3NOS/c1-11(2,3)18(17)16-10(12(13,14)15)9-7-5-4-6-8-9/h4-8,10,16H,1-3H3/t10-,18-/m1/s1. The lowest BCUT2D eigenvalue weighted by Crippen LogP contribution is -2.41. The summed E-state index contributed by atoms with van der Waals surface area (Å²) in [6.07, 6.45) is -4.48. The van der Waals surface area contributed by atoms with Gasteiger partial charge in [0.25, 0.3) is 0 Å². The van der Waals surface area contributed by atoms with Gasteiger partial charge in [0.1, 0.15) is 6.04 Å². The Balaban J connectivity index is 2.99. The van der Waals surface area contributed by atoms with Crippen molar-refractivity contribution in [3.8, 4) is 0 Å². The predicted molar refractivity (Wildman–Crippen MR) is 66.3 cm³/mol. The van der Waals surface area contributed by atoms with E-state index in [0.717, 1.165) is 0 Å². The van der Waals surface area contributed by atoms with E-state index in [-0.39, 0.29) is 5.56 Å². The van der Waals surface area contributed by atoms with E-state index in [9.17, 15) is 17.4 Å². The lowest BCUT2D eigenvalue weighted by Gasteiger charge is -2.26. The lowest BCUT2D eigenvalue weighted by atomic mass is 10.1. The fourth-order valence-electron chi connectivity index (χ4n) is 1.25. The lowest BCUT2D eigenvalue weighted by molar-refractivity contribution is -0.152. The summed E-state index contributed by atoms with van der Waals surface area (Å²) in [7, 11) is -1.78. The van der Waals surface area contributed by atoms with Crippen LogP contribution in [0.3, 0.4) is 0 Å². The third kappa shape index (κ3) is 4.10. The molecule has 0 heterocycles. The third-order valence-corrected chi connectivity index (χ3v) is 3.80. The molecule has 1 aromatic rings. The summed E-state index contributed by atoms with van der Waals surface area (Å²) < 4.78 is 52.1. The SMILES string of the molecule is CC(C)(C)[S@@](=O)N[C@H](c1ccccc1)C(F)(F)F. The molecule has 6 heteroatoms. The number of hydrogen-bond acceptors (Lipinski definition) is 1. The molecule has 0 bridgehead atoms. The molecule has 18 heavy (non-hydrogen) atoms. The first kappa shape index (κ1) is 15.2. The van der Waals surface area contributed by atoms with Crippen molar-refractivity contribution in [1.82, 2.24) is 4.72 Å². The molecule has 0 saturated carbocycles. The van der Waals surface area contributed by atoms with Gasteiger partial charge in [-0.05, 0) is 26.3 Å². The highest BCUT2D eigenvalue weighted by Crippen LogP contribution is 2.33. The molecule has 1 N–H and O–H groups in total. The fraction of sp³-hybridized carbons (Fsp3) is 0.500. The topological polar surface area (TPSA) is 29.1 Å². The van der Waals surface area contributed by atoms with E-state index in [1.54, 1.807) is 26.8 Å². The van der Waals surface area contributed by atoms with Gasteiger partial charge in [-0.2, -0.15) is 13.2 Å². The van der Waals surface area contributed by atoms with E-state index >= 15 is 0 Å². The normalized spacial score (nSPS) is 16.3. The molecule has 0 spiro atoms. The Bertz CT molecular complexity index is 412. The molecule has 0 amide bonds. The van der Waals surface area contributed by atoms with Crippen molar-refractivity contribution < 1.29 is 17.4 Å².